The van der Waals surface area contributed by atoms with E-state index in [2.05, 4.69) is 13.5 Å². The first-order chi connectivity index (χ1) is 12.4. The summed E-state index contributed by atoms with van der Waals surface area (Å²) in [5.74, 6) is 3.83. The zero-order valence-corrected chi connectivity index (χ0v) is 17.0. The van der Waals surface area contributed by atoms with Gasteiger partial charge in [0.2, 0.25) is 0 Å². The highest BCUT2D eigenvalue weighted by Crippen LogP contribution is 2.66. The van der Waals surface area contributed by atoms with E-state index in [1.165, 1.54) is 38.5 Å². The second-order valence-electron chi connectivity index (χ2n) is 10.1. The number of hydrogen-bond acceptors (Lipinski definition) is 3. The zero-order valence-electron chi connectivity index (χ0n) is 17.0. The van der Waals surface area contributed by atoms with Gasteiger partial charge in [-0.1, -0.05) is 13.5 Å². The van der Waals surface area contributed by atoms with Gasteiger partial charge in [-0.05, 0) is 93.8 Å². The maximum atomic E-state index is 10.3. The molecule has 0 heterocycles. The Bertz CT molecular complexity index is 546. The number of aliphatic hydroxyl groups excluding tert-OH is 1. The van der Waals surface area contributed by atoms with Crippen molar-refractivity contribution in [2.45, 2.75) is 83.8 Å². The third-order valence-electron chi connectivity index (χ3n) is 9.12. The highest BCUT2D eigenvalue weighted by molar-refractivity contribution is 5.11. The van der Waals surface area contributed by atoms with Crippen LogP contribution in [-0.2, 0) is 9.47 Å². The van der Waals surface area contributed by atoms with Crippen molar-refractivity contribution in [2.24, 2.45) is 34.5 Å². The summed E-state index contributed by atoms with van der Waals surface area (Å²) in [7, 11) is 1.91. The lowest BCUT2D eigenvalue weighted by Crippen LogP contribution is -2.57. The van der Waals surface area contributed by atoms with E-state index in [0.717, 1.165) is 49.4 Å². The van der Waals surface area contributed by atoms with E-state index >= 15 is 0 Å². The van der Waals surface area contributed by atoms with Crippen LogP contribution in [0.3, 0.4) is 0 Å². The Morgan fingerprint density at radius 3 is 2.62 bits per heavy atom. The van der Waals surface area contributed by atoms with E-state index < -0.39 is 0 Å². The van der Waals surface area contributed by atoms with Gasteiger partial charge in [-0.15, -0.1) is 0 Å². The van der Waals surface area contributed by atoms with Gasteiger partial charge < -0.3 is 14.6 Å². The van der Waals surface area contributed by atoms with E-state index in [1.54, 1.807) is 0 Å². The molecule has 3 heteroatoms. The van der Waals surface area contributed by atoms with Crippen molar-refractivity contribution in [3.05, 3.63) is 12.3 Å². The van der Waals surface area contributed by atoms with Crippen LogP contribution in [0, 0.1) is 34.5 Å². The molecule has 1 N–H and O–H groups in total. The van der Waals surface area contributed by atoms with E-state index in [9.17, 15) is 5.11 Å². The summed E-state index contributed by atoms with van der Waals surface area (Å²) in [5, 5.41) is 10.3. The van der Waals surface area contributed by atoms with Crippen molar-refractivity contribution >= 4 is 0 Å². The summed E-state index contributed by atoms with van der Waals surface area (Å²) in [4.78, 5) is 0. The normalized spacial score (nSPS) is 50.5. The van der Waals surface area contributed by atoms with Crippen LogP contribution in [-0.4, -0.2) is 31.0 Å². The highest BCUT2D eigenvalue weighted by Gasteiger charge is 2.62. The van der Waals surface area contributed by atoms with Crippen LogP contribution in [0.4, 0.5) is 0 Å². The Labute approximate surface area is 159 Å². The van der Waals surface area contributed by atoms with Crippen LogP contribution in [0.5, 0.6) is 0 Å². The quantitative estimate of drug-likeness (QED) is 0.720. The molecule has 8 unspecified atom stereocenters. The number of aliphatic hydroxyl groups is 1. The first-order valence-electron chi connectivity index (χ1n) is 10.9. The molecule has 0 spiro atoms. The lowest BCUT2D eigenvalue weighted by Gasteiger charge is -2.61. The molecule has 8 atom stereocenters. The number of hydrogen-bond donors (Lipinski definition) is 1. The predicted molar refractivity (Wildman–Crippen MR) is 104 cm³/mol. The van der Waals surface area contributed by atoms with Gasteiger partial charge in [0.25, 0.3) is 0 Å². The van der Waals surface area contributed by atoms with Gasteiger partial charge in [-0.3, -0.25) is 0 Å². The third-order valence-corrected chi connectivity index (χ3v) is 9.12. The Hall–Kier alpha value is -0.540. The molecule has 4 aliphatic carbocycles. The molecule has 4 rings (SSSR count). The molecule has 0 amide bonds. The minimum atomic E-state index is -0.104. The summed E-state index contributed by atoms with van der Waals surface area (Å²) >= 11 is 0. The van der Waals surface area contributed by atoms with E-state index in [1.807, 2.05) is 14.0 Å². The van der Waals surface area contributed by atoms with Gasteiger partial charge in [0, 0.05) is 12.5 Å². The molecule has 4 fully saturated rings. The Morgan fingerprint density at radius 1 is 1.08 bits per heavy atom. The van der Waals surface area contributed by atoms with Gasteiger partial charge in [0.05, 0.1) is 24.6 Å². The fourth-order valence-corrected chi connectivity index (χ4v) is 7.91. The van der Waals surface area contributed by atoms with Gasteiger partial charge >= 0.3 is 0 Å². The van der Waals surface area contributed by atoms with Crippen LogP contribution in [0.2, 0.25) is 0 Å². The molecule has 3 nitrogen and oxygen atoms in total. The Kier molecular flexibility index (Phi) is 4.93. The lowest BCUT2D eigenvalue weighted by molar-refractivity contribution is -0.163. The Morgan fingerprint density at radius 2 is 1.88 bits per heavy atom. The lowest BCUT2D eigenvalue weighted by atomic mass is 9.44. The van der Waals surface area contributed by atoms with Crippen molar-refractivity contribution in [3.8, 4) is 0 Å². The highest BCUT2D eigenvalue weighted by atomic mass is 16.5. The number of methoxy groups -OCH3 is 1. The van der Waals surface area contributed by atoms with Crippen LogP contribution >= 0.6 is 0 Å². The SMILES string of the molecule is C=C(C)OCC12CCC(O)CC1CCC1C3CCC(OC)C3(C)CCC12. The van der Waals surface area contributed by atoms with Crippen LogP contribution in [0.15, 0.2) is 12.3 Å². The summed E-state index contributed by atoms with van der Waals surface area (Å²) in [6.45, 7) is 9.28. The third kappa shape index (κ3) is 2.76. The van der Waals surface area contributed by atoms with E-state index in [-0.39, 0.29) is 11.5 Å². The second-order valence-corrected chi connectivity index (χ2v) is 10.1. The fourth-order valence-electron chi connectivity index (χ4n) is 7.91. The average molecular weight is 363 g/mol. The van der Waals surface area contributed by atoms with Crippen molar-refractivity contribution in [1.82, 2.24) is 0 Å². The first kappa shape index (κ1) is 18.8. The molecule has 0 aromatic rings. The summed E-state index contributed by atoms with van der Waals surface area (Å²) in [5.41, 5.74) is 0.626. The standard InChI is InChI=1S/C23H38O3/c1-15(2)26-14-23-12-9-17(24)13-16(23)5-6-18-19-7-8-21(25-4)22(19,3)11-10-20(18)23/h16-21,24H,1,5-14H2,2-4H3. The van der Waals surface area contributed by atoms with Crippen LogP contribution in [0.1, 0.15) is 71.6 Å². The number of rotatable bonds is 4. The Balaban J connectivity index is 1.63. The summed E-state index contributed by atoms with van der Waals surface area (Å²) < 4.78 is 12.0. The molecule has 148 valence electrons. The topological polar surface area (TPSA) is 38.7 Å². The molecule has 0 saturated heterocycles. The van der Waals surface area contributed by atoms with Crippen LogP contribution in [0.25, 0.3) is 0 Å². The summed E-state index contributed by atoms with van der Waals surface area (Å²) in [6.07, 6.45) is 11.2. The molecule has 0 aromatic carbocycles. The number of fused-ring (bicyclic) bond motifs is 5. The number of allylic oxidation sites excluding steroid dienone is 1. The molecule has 0 aromatic heterocycles. The van der Waals surface area contributed by atoms with Crippen molar-refractivity contribution < 1.29 is 14.6 Å². The van der Waals surface area contributed by atoms with Gasteiger partial charge in [0.15, 0.2) is 0 Å². The molecule has 26 heavy (non-hydrogen) atoms. The number of ether oxygens (including phenoxy) is 2. The maximum Gasteiger partial charge on any atom is 0.0938 e. The summed E-state index contributed by atoms with van der Waals surface area (Å²) in [6, 6.07) is 0. The predicted octanol–water partition coefficient (Wildman–Crippen LogP) is 4.94. The van der Waals surface area contributed by atoms with Crippen LogP contribution < -0.4 is 0 Å². The minimum absolute atomic E-state index is 0.104. The zero-order chi connectivity index (χ0) is 18.5. The monoisotopic (exact) mass is 362 g/mol. The van der Waals surface area contributed by atoms with Crippen molar-refractivity contribution in [2.75, 3.05) is 13.7 Å². The van der Waals surface area contributed by atoms with Crippen molar-refractivity contribution in [1.29, 1.82) is 0 Å². The molecule has 0 bridgehead atoms. The van der Waals surface area contributed by atoms with Gasteiger partial charge in [0.1, 0.15) is 0 Å². The van der Waals surface area contributed by atoms with E-state index in [0.29, 0.717) is 17.4 Å². The second kappa shape index (κ2) is 6.81. The van der Waals surface area contributed by atoms with Gasteiger partial charge in [-0.2, -0.15) is 0 Å². The van der Waals surface area contributed by atoms with Gasteiger partial charge in [-0.25, -0.2) is 0 Å². The molecule has 0 radical (unpaired) electrons. The smallest absolute Gasteiger partial charge is 0.0938 e. The molecule has 4 saturated carbocycles. The molecule has 0 aliphatic heterocycles. The molecular weight excluding hydrogens is 324 g/mol. The largest absolute Gasteiger partial charge is 0.498 e. The first-order valence-corrected chi connectivity index (χ1v) is 10.9. The fraction of sp³-hybridized carbons (Fsp3) is 0.913. The van der Waals surface area contributed by atoms with E-state index in [4.69, 9.17) is 9.47 Å². The van der Waals surface area contributed by atoms with Crippen molar-refractivity contribution in [3.63, 3.8) is 0 Å². The molecular formula is C23H38O3. The average Bonchev–Trinajstić information content (AvgIpc) is 2.96. The maximum absolute atomic E-state index is 10.3. The molecule has 4 aliphatic rings. The minimum Gasteiger partial charge on any atom is -0.498 e.